The maximum Gasteiger partial charge on any atom is 0.417 e. The third-order valence-corrected chi connectivity index (χ3v) is 4.87. The molecule has 2 aromatic carbocycles. The number of halogens is 1. The summed E-state index contributed by atoms with van der Waals surface area (Å²) in [5.41, 5.74) is 5.07. The SMILES string of the molecule is O=c1[nH]c2ccc(C(Cl)C3Cc4ccccc4C3)cc2o1. The van der Waals surface area contributed by atoms with Gasteiger partial charge in [-0.2, -0.15) is 0 Å². The summed E-state index contributed by atoms with van der Waals surface area (Å²) in [6.07, 6.45) is 2.00. The van der Waals surface area contributed by atoms with Crippen LogP contribution in [0.15, 0.2) is 51.7 Å². The standard InChI is InChI=1S/C17H14ClNO2/c18-16(13-7-10-3-1-2-4-11(10)8-13)12-5-6-14-15(9-12)21-17(20)19-14/h1-6,9,13,16H,7-8H2,(H,19,20). The number of aromatic nitrogens is 1. The van der Waals surface area contributed by atoms with Crippen molar-refractivity contribution in [1.82, 2.24) is 4.98 Å². The van der Waals surface area contributed by atoms with Gasteiger partial charge < -0.3 is 4.42 Å². The van der Waals surface area contributed by atoms with Gasteiger partial charge in [0.1, 0.15) is 0 Å². The van der Waals surface area contributed by atoms with E-state index in [4.69, 9.17) is 16.0 Å². The van der Waals surface area contributed by atoms with E-state index in [9.17, 15) is 4.79 Å². The van der Waals surface area contributed by atoms with Gasteiger partial charge >= 0.3 is 5.76 Å². The van der Waals surface area contributed by atoms with Crippen molar-refractivity contribution < 1.29 is 4.42 Å². The lowest BCUT2D eigenvalue weighted by Gasteiger charge is -2.17. The molecule has 1 aliphatic rings. The first-order valence-corrected chi connectivity index (χ1v) is 7.48. The van der Waals surface area contributed by atoms with Crippen molar-refractivity contribution in [3.05, 3.63) is 69.7 Å². The first kappa shape index (κ1) is 12.7. The highest BCUT2D eigenvalue weighted by Crippen LogP contribution is 2.39. The Morgan fingerprint density at radius 2 is 1.86 bits per heavy atom. The lowest BCUT2D eigenvalue weighted by atomic mass is 9.96. The predicted molar refractivity (Wildman–Crippen MR) is 82.8 cm³/mol. The minimum atomic E-state index is -0.429. The third kappa shape index (κ3) is 2.18. The molecule has 1 aromatic heterocycles. The van der Waals surface area contributed by atoms with E-state index in [0.717, 1.165) is 18.4 Å². The van der Waals surface area contributed by atoms with Crippen LogP contribution in [-0.4, -0.2) is 4.98 Å². The Kier molecular flexibility index (Phi) is 2.89. The van der Waals surface area contributed by atoms with Gasteiger partial charge in [0.05, 0.1) is 10.9 Å². The van der Waals surface area contributed by atoms with Crippen molar-refractivity contribution in [2.45, 2.75) is 18.2 Å². The zero-order chi connectivity index (χ0) is 14.4. The first-order valence-electron chi connectivity index (χ1n) is 7.04. The Morgan fingerprint density at radius 1 is 1.14 bits per heavy atom. The van der Waals surface area contributed by atoms with Crippen LogP contribution in [0, 0.1) is 5.92 Å². The molecule has 1 aliphatic carbocycles. The summed E-state index contributed by atoms with van der Waals surface area (Å²) in [5.74, 6) is -0.0475. The highest BCUT2D eigenvalue weighted by molar-refractivity contribution is 6.21. The fourth-order valence-electron chi connectivity index (χ4n) is 3.21. The molecule has 1 atom stereocenters. The molecular weight excluding hydrogens is 286 g/mol. The van der Waals surface area contributed by atoms with Crippen LogP contribution in [0.4, 0.5) is 0 Å². The van der Waals surface area contributed by atoms with E-state index in [2.05, 4.69) is 29.2 Å². The van der Waals surface area contributed by atoms with E-state index < -0.39 is 5.76 Å². The molecule has 106 valence electrons. The van der Waals surface area contributed by atoms with Gasteiger partial charge in [-0.15, -0.1) is 11.6 Å². The fraction of sp³-hybridized carbons (Fsp3) is 0.235. The number of fused-ring (bicyclic) bond motifs is 2. The number of benzene rings is 2. The number of rotatable bonds is 2. The normalized spacial score (nSPS) is 16.2. The van der Waals surface area contributed by atoms with E-state index in [1.807, 2.05) is 18.2 Å². The van der Waals surface area contributed by atoms with Gasteiger partial charge in [0.25, 0.3) is 0 Å². The lowest BCUT2D eigenvalue weighted by Crippen LogP contribution is -2.08. The summed E-state index contributed by atoms with van der Waals surface area (Å²) in [5, 5.41) is -0.0815. The number of H-pyrrole nitrogens is 1. The summed E-state index contributed by atoms with van der Waals surface area (Å²) >= 11 is 6.68. The van der Waals surface area contributed by atoms with Crippen molar-refractivity contribution in [2.24, 2.45) is 5.92 Å². The van der Waals surface area contributed by atoms with Crippen LogP contribution in [0.25, 0.3) is 11.1 Å². The van der Waals surface area contributed by atoms with E-state index >= 15 is 0 Å². The Morgan fingerprint density at radius 3 is 2.57 bits per heavy atom. The summed E-state index contributed by atoms with van der Waals surface area (Å²) in [6.45, 7) is 0. The second-order valence-corrected chi connectivity index (χ2v) is 6.08. The average molecular weight is 300 g/mol. The number of hydrogen-bond donors (Lipinski definition) is 1. The van der Waals surface area contributed by atoms with Crippen LogP contribution in [0.1, 0.15) is 22.1 Å². The Bertz CT molecular complexity index is 839. The quantitative estimate of drug-likeness (QED) is 0.731. The van der Waals surface area contributed by atoms with Crippen LogP contribution >= 0.6 is 11.6 Å². The van der Waals surface area contributed by atoms with Gasteiger partial charge in [-0.05, 0) is 47.6 Å². The highest BCUT2D eigenvalue weighted by Gasteiger charge is 2.28. The van der Waals surface area contributed by atoms with Crippen molar-refractivity contribution in [2.75, 3.05) is 0 Å². The number of oxazole rings is 1. The predicted octanol–water partition coefficient (Wildman–Crippen LogP) is 3.82. The zero-order valence-electron chi connectivity index (χ0n) is 11.3. The maximum atomic E-state index is 11.2. The first-order chi connectivity index (χ1) is 10.2. The largest absolute Gasteiger partial charge is 0.417 e. The molecule has 3 nitrogen and oxygen atoms in total. The van der Waals surface area contributed by atoms with Gasteiger partial charge in [-0.3, -0.25) is 4.98 Å². The van der Waals surface area contributed by atoms with Crippen LogP contribution in [0.3, 0.4) is 0 Å². The van der Waals surface area contributed by atoms with Crippen LogP contribution in [0.2, 0.25) is 0 Å². The van der Waals surface area contributed by atoms with Crippen LogP contribution in [0.5, 0.6) is 0 Å². The van der Waals surface area contributed by atoms with E-state index in [0.29, 0.717) is 17.0 Å². The summed E-state index contributed by atoms with van der Waals surface area (Å²) in [7, 11) is 0. The van der Waals surface area contributed by atoms with Gasteiger partial charge in [-0.25, -0.2) is 4.79 Å². The van der Waals surface area contributed by atoms with E-state index in [1.165, 1.54) is 11.1 Å². The molecule has 0 spiro atoms. The van der Waals surface area contributed by atoms with Crippen molar-refractivity contribution >= 4 is 22.7 Å². The molecule has 0 amide bonds. The third-order valence-electron chi connectivity index (χ3n) is 4.26. The van der Waals surface area contributed by atoms with E-state index in [-0.39, 0.29) is 5.38 Å². The molecule has 0 saturated heterocycles. The zero-order valence-corrected chi connectivity index (χ0v) is 12.1. The van der Waals surface area contributed by atoms with E-state index in [1.54, 1.807) is 0 Å². The van der Waals surface area contributed by atoms with Crippen LogP contribution in [-0.2, 0) is 12.8 Å². The lowest BCUT2D eigenvalue weighted by molar-refractivity contribution is 0.537. The molecule has 1 N–H and O–H groups in total. The molecule has 4 heteroatoms. The van der Waals surface area contributed by atoms with Gasteiger partial charge in [0.15, 0.2) is 5.58 Å². The van der Waals surface area contributed by atoms with Crippen molar-refractivity contribution in [1.29, 1.82) is 0 Å². The Balaban J connectivity index is 1.65. The Labute approximate surface area is 126 Å². The van der Waals surface area contributed by atoms with Crippen LogP contribution < -0.4 is 5.76 Å². The molecule has 0 fully saturated rings. The van der Waals surface area contributed by atoms with Gasteiger partial charge in [-0.1, -0.05) is 30.3 Å². The number of nitrogens with one attached hydrogen (secondary N) is 1. The van der Waals surface area contributed by atoms with Crippen molar-refractivity contribution in [3.8, 4) is 0 Å². The second-order valence-electron chi connectivity index (χ2n) is 5.61. The smallest absolute Gasteiger partial charge is 0.408 e. The molecular formula is C17H14ClNO2. The topological polar surface area (TPSA) is 46.0 Å². The fourth-order valence-corrected chi connectivity index (χ4v) is 3.52. The number of aromatic amines is 1. The summed E-state index contributed by atoms with van der Waals surface area (Å²) in [4.78, 5) is 13.9. The van der Waals surface area contributed by atoms with Gasteiger partial charge in [0, 0.05) is 0 Å². The molecule has 4 rings (SSSR count). The van der Waals surface area contributed by atoms with Gasteiger partial charge in [0.2, 0.25) is 0 Å². The molecule has 3 aromatic rings. The maximum absolute atomic E-state index is 11.2. The highest BCUT2D eigenvalue weighted by atomic mass is 35.5. The molecule has 1 unspecified atom stereocenters. The summed E-state index contributed by atoms with van der Waals surface area (Å²) in [6, 6.07) is 14.2. The molecule has 1 heterocycles. The molecule has 0 saturated carbocycles. The number of alkyl halides is 1. The molecule has 0 aliphatic heterocycles. The Hall–Kier alpha value is -2.00. The second kappa shape index (κ2) is 4.78. The average Bonchev–Trinajstić information content (AvgIpc) is 3.07. The molecule has 0 radical (unpaired) electrons. The van der Waals surface area contributed by atoms with Crippen molar-refractivity contribution in [3.63, 3.8) is 0 Å². The monoisotopic (exact) mass is 299 g/mol. The number of hydrogen-bond acceptors (Lipinski definition) is 2. The minimum absolute atomic E-state index is 0.0815. The minimum Gasteiger partial charge on any atom is -0.408 e. The molecule has 0 bridgehead atoms. The summed E-state index contributed by atoms with van der Waals surface area (Å²) < 4.78 is 5.11. The molecule has 21 heavy (non-hydrogen) atoms.